The molecular formula is C14H20N4O. The number of benzene rings is 1. The molecule has 19 heavy (non-hydrogen) atoms. The smallest absolute Gasteiger partial charge is 0.137 e. The van der Waals surface area contributed by atoms with Gasteiger partial charge in [0.2, 0.25) is 0 Å². The number of nitrogens with one attached hydrogen (secondary N) is 1. The van der Waals surface area contributed by atoms with Gasteiger partial charge in [-0.3, -0.25) is 0 Å². The molecule has 1 unspecified atom stereocenters. The third-order valence-electron chi connectivity index (χ3n) is 3.14. The highest BCUT2D eigenvalue weighted by molar-refractivity contribution is 5.90. The summed E-state index contributed by atoms with van der Waals surface area (Å²) in [6.07, 6.45) is 3.54. The topological polar surface area (TPSA) is 84.1 Å². The predicted octanol–water partition coefficient (Wildman–Crippen LogP) is 2.03. The van der Waals surface area contributed by atoms with E-state index in [0.717, 1.165) is 36.1 Å². The Balaban J connectivity index is 2.01. The molecule has 0 aliphatic rings. The number of nitrogens with zero attached hydrogens (tertiary/aromatic N) is 2. The van der Waals surface area contributed by atoms with Crippen molar-refractivity contribution in [3.8, 4) is 0 Å². The summed E-state index contributed by atoms with van der Waals surface area (Å²) in [7, 11) is 0. The van der Waals surface area contributed by atoms with Crippen molar-refractivity contribution in [2.45, 2.75) is 19.8 Å². The zero-order chi connectivity index (χ0) is 13.7. The first kappa shape index (κ1) is 13.5. The number of anilines is 2. The van der Waals surface area contributed by atoms with E-state index in [2.05, 4.69) is 15.3 Å². The fraction of sp³-hybridized carbons (Fsp3) is 0.429. The molecule has 0 saturated heterocycles. The summed E-state index contributed by atoms with van der Waals surface area (Å²) in [5.41, 5.74) is 7.29. The van der Waals surface area contributed by atoms with Gasteiger partial charge in [-0.15, -0.1) is 0 Å². The highest BCUT2D eigenvalue weighted by atomic mass is 16.3. The van der Waals surface area contributed by atoms with Gasteiger partial charge in [-0.05, 0) is 37.0 Å². The van der Waals surface area contributed by atoms with Crippen LogP contribution in [-0.4, -0.2) is 28.2 Å². The van der Waals surface area contributed by atoms with Crippen molar-refractivity contribution in [3.05, 3.63) is 24.5 Å². The molecular weight excluding hydrogens is 240 g/mol. The molecule has 0 saturated carbocycles. The van der Waals surface area contributed by atoms with Crippen LogP contribution in [0.25, 0.3) is 10.9 Å². The van der Waals surface area contributed by atoms with Crippen LogP contribution in [-0.2, 0) is 0 Å². The number of hydrogen-bond acceptors (Lipinski definition) is 5. The van der Waals surface area contributed by atoms with Crippen LogP contribution < -0.4 is 11.1 Å². The molecule has 0 aliphatic heterocycles. The van der Waals surface area contributed by atoms with Crippen LogP contribution in [0.2, 0.25) is 0 Å². The van der Waals surface area contributed by atoms with Crippen molar-refractivity contribution in [2.75, 3.05) is 24.2 Å². The van der Waals surface area contributed by atoms with E-state index in [0.29, 0.717) is 11.6 Å². The third-order valence-corrected chi connectivity index (χ3v) is 3.14. The Labute approximate surface area is 112 Å². The number of rotatable bonds is 6. The Morgan fingerprint density at radius 3 is 3.00 bits per heavy atom. The van der Waals surface area contributed by atoms with Crippen molar-refractivity contribution in [1.82, 2.24) is 9.97 Å². The van der Waals surface area contributed by atoms with Crippen molar-refractivity contribution in [2.24, 2.45) is 5.92 Å². The maximum atomic E-state index is 8.97. The lowest BCUT2D eigenvalue weighted by Gasteiger charge is -2.10. The SMILES string of the molecule is CC(CO)CCCNc1ncnc2cc(N)ccc12. The van der Waals surface area contributed by atoms with Crippen LogP contribution in [0.3, 0.4) is 0 Å². The molecule has 0 aliphatic carbocycles. The number of aliphatic hydroxyl groups is 1. The van der Waals surface area contributed by atoms with Gasteiger partial charge in [-0.2, -0.15) is 0 Å². The second-order valence-electron chi connectivity index (χ2n) is 4.86. The van der Waals surface area contributed by atoms with Gasteiger partial charge in [0.05, 0.1) is 5.52 Å². The van der Waals surface area contributed by atoms with E-state index in [1.165, 1.54) is 0 Å². The first-order valence-corrected chi connectivity index (χ1v) is 6.55. The predicted molar refractivity (Wildman–Crippen MR) is 77.9 cm³/mol. The molecule has 1 aromatic carbocycles. The van der Waals surface area contributed by atoms with Gasteiger partial charge < -0.3 is 16.2 Å². The number of aliphatic hydroxyl groups excluding tert-OH is 1. The lowest BCUT2D eigenvalue weighted by Crippen LogP contribution is -2.08. The van der Waals surface area contributed by atoms with Gasteiger partial charge in [-0.1, -0.05) is 6.92 Å². The highest BCUT2D eigenvalue weighted by Gasteiger charge is 2.04. The van der Waals surface area contributed by atoms with E-state index in [-0.39, 0.29) is 6.61 Å². The summed E-state index contributed by atoms with van der Waals surface area (Å²) in [5.74, 6) is 1.19. The van der Waals surface area contributed by atoms with Gasteiger partial charge in [0.15, 0.2) is 0 Å². The van der Waals surface area contributed by atoms with Crippen molar-refractivity contribution < 1.29 is 5.11 Å². The van der Waals surface area contributed by atoms with Crippen LogP contribution in [0.4, 0.5) is 11.5 Å². The van der Waals surface area contributed by atoms with Crippen LogP contribution in [0.1, 0.15) is 19.8 Å². The molecule has 5 heteroatoms. The molecule has 1 heterocycles. The van der Waals surface area contributed by atoms with Gasteiger partial charge in [0.1, 0.15) is 12.1 Å². The summed E-state index contributed by atoms with van der Waals surface area (Å²) in [6, 6.07) is 5.63. The van der Waals surface area contributed by atoms with Gasteiger partial charge in [0, 0.05) is 24.2 Å². The molecule has 2 aromatic rings. The molecule has 0 spiro atoms. The average Bonchev–Trinajstić information content (AvgIpc) is 2.42. The molecule has 5 nitrogen and oxygen atoms in total. The van der Waals surface area contributed by atoms with Crippen LogP contribution in [0.5, 0.6) is 0 Å². The van der Waals surface area contributed by atoms with Crippen molar-refractivity contribution >= 4 is 22.4 Å². The first-order valence-electron chi connectivity index (χ1n) is 6.55. The Bertz CT molecular complexity index is 544. The lowest BCUT2D eigenvalue weighted by molar-refractivity contribution is 0.229. The maximum Gasteiger partial charge on any atom is 0.137 e. The van der Waals surface area contributed by atoms with Crippen LogP contribution in [0, 0.1) is 5.92 Å². The minimum Gasteiger partial charge on any atom is -0.399 e. The molecule has 0 radical (unpaired) electrons. The van der Waals surface area contributed by atoms with E-state index >= 15 is 0 Å². The molecule has 1 atom stereocenters. The largest absolute Gasteiger partial charge is 0.399 e. The summed E-state index contributed by atoms with van der Waals surface area (Å²) in [5, 5.41) is 13.3. The Morgan fingerprint density at radius 1 is 1.37 bits per heavy atom. The maximum absolute atomic E-state index is 8.97. The quantitative estimate of drug-likeness (QED) is 0.546. The van der Waals surface area contributed by atoms with Crippen molar-refractivity contribution in [1.29, 1.82) is 0 Å². The number of nitrogen functional groups attached to an aromatic ring is 1. The van der Waals surface area contributed by atoms with Crippen molar-refractivity contribution in [3.63, 3.8) is 0 Å². The van der Waals surface area contributed by atoms with Gasteiger partial charge in [-0.25, -0.2) is 9.97 Å². The van der Waals surface area contributed by atoms with Gasteiger partial charge >= 0.3 is 0 Å². The lowest BCUT2D eigenvalue weighted by atomic mass is 10.1. The van der Waals surface area contributed by atoms with E-state index in [1.807, 2.05) is 25.1 Å². The molecule has 102 valence electrons. The highest BCUT2D eigenvalue weighted by Crippen LogP contribution is 2.21. The molecule has 4 N–H and O–H groups in total. The Hall–Kier alpha value is -1.88. The van der Waals surface area contributed by atoms with Gasteiger partial charge in [0.25, 0.3) is 0 Å². The summed E-state index contributed by atoms with van der Waals surface area (Å²) in [4.78, 5) is 8.47. The summed E-state index contributed by atoms with van der Waals surface area (Å²) >= 11 is 0. The zero-order valence-electron chi connectivity index (χ0n) is 11.1. The van der Waals surface area contributed by atoms with E-state index in [1.54, 1.807) is 6.33 Å². The second-order valence-corrected chi connectivity index (χ2v) is 4.86. The van der Waals surface area contributed by atoms with Crippen LogP contribution in [0.15, 0.2) is 24.5 Å². The Morgan fingerprint density at radius 2 is 2.21 bits per heavy atom. The third kappa shape index (κ3) is 3.54. The zero-order valence-corrected chi connectivity index (χ0v) is 11.1. The number of aromatic nitrogens is 2. The number of nitrogens with two attached hydrogens (primary N) is 1. The second kappa shape index (κ2) is 6.33. The summed E-state index contributed by atoms with van der Waals surface area (Å²) in [6.45, 7) is 3.12. The fourth-order valence-corrected chi connectivity index (χ4v) is 1.96. The number of hydrogen-bond donors (Lipinski definition) is 3. The Kier molecular flexibility index (Phi) is 4.52. The van der Waals surface area contributed by atoms with Crippen LogP contribution >= 0.6 is 0 Å². The normalized spacial score (nSPS) is 12.5. The van der Waals surface area contributed by atoms with E-state index < -0.39 is 0 Å². The van der Waals surface area contributed by atoms with E-state index in [4.69, 9.17) is 10.8 Å². The molecule has 1 aromatic heterocycles. The fourth-order valence-electron chi connectivity index (χ4n) is 1.96. The molecule has 2 rings (SSSR count). The minimum absolute atomic E-state index is 0.246. The first-order chi connectivity index (χ1) is 9.20. The minimum atomic E-state index is 0.246. The monoisotopic (exact) mass is 260 g/mol. The molecule has 0 fully saturated rings. The standard InChI is InChI=1S/C14H20N4O/c1-10(8-19)3-2-6-16-14-12-5-4-11(15)7-13(12)17-9-18-14/h4-5,7,9-10,19H,2-3,6,8,15H2,1H3,(H,16,17,18). The number of fused-ring (bicyclic) bond motifs is 1. The molecule has 0 amide bonds. The average molecular weight is 260 g/mol. The van der Waals surface area contributed by atoms with E-state index in [9.17, 15) is 0 Å². The molecule has 0 bridgehead atoms. The summed E-state index contributed by atoms with van der Waals surface area (Å²) < 4.78 is 0.